The van der Waals surface area contributed by atoms with E-state index in [9.17, 15) is 9.59 Å². The number of halogens is 2. The van der Waals surface area contributed by atoms with E-state index in [0.717, 1.165) is 29.7 Å². The standard InChI is InChI=1S/C22H17I2NO4/c1-10-16(22(27)29-3)17(11-8-14(23)21(28-2)15(24)9-11)18-19(25-10)12-6-4-5-7-13(12)20(18)26/h4-9,17,25H,1-3H3/t17-/m1/s1. The largest absolute Gasteiger partial charge is 0.495 e. The molecule has 2 aromatic rings. The van der Waals surface area contributed by atoms with Gasteiger partial charge in [-0.1, -0.05) is 24.3 Å². The van der Waals surface area contributed by atoms with Crippen LogP contribution in [0.4, 0.5) is 0 Å². The van der Waals surface area contributed by atoms with E-state index in [2.05, 4.69) is 50.5 Å². The Morgan fingerprint density at radius 2 is 1.69 bits per heavy atom. The van der Waals surface area contributed by atoms with Gasteiger partial charge in [-0.3, -0.25) is 4.79 Å². The lowest BCUT2D eigenvalue weighted by atomic mass is 9.80. The highest BCUT2D eigenvalue weighted by Gasteiger charge is 2.43. The zero-order valence-electron chi connectivity index (χ0n) is 15.9. The molecule has 1 aliphatic carbocycles. The summed E-state index contributed by atoms with van der Waals surface area (Å²) in [6.07, 6.45) is 0. The molecule has 1 N–H and O–H groups in total. The van der Waals surface area contributed by atoms with E-state index in [4.69, 9.17) is 9.47 Å². The Balaban J connectivity index is 1.98. The highest BCUT2D eigenvalue weighted by atomic mass is 127. The lowest BCUT2D eigenvalue weighted by Crippen LogP contribution is -2.29. The first-order valence-corrected chi connectivity index (χ1v) is 11.0. The maximum absolute atomic E-state index is 13.4. The second kappa shape index (κ2) is 7.75. The summed E-state index contributed by atoms with van der Waals surface area (Å²) in [6.45, 7) is 1.84. The number of Topliss-reactive ketones (excluding diaryl/α,β-unsaturated/α-hetero) is 1. The predicted octanol–water partition coefficient (Wildman–Crippen LogP) is 4.65. The van der Waals surface area contributed by atoms with Crippen LogP contribution in [0.5, 0.6) is 5.75 Å². The topological polar surface area (TPSA) is 64.6 Å². The fourth-order valence-electron chi connectivity index (χ4n) is 3.98. The number of hydrogen-bond donors (Lipinski definition) is 1. The van der Waals surface area contributed by atoms with Crippen molar-refractivity contribution in [2.24, 2.45) is 0 Å². The highest BCUT2D eigenvalue weighted by molar-refractivity contribution is 14.1. The molecule has 7 heteroatoms. The van der Waals surface area contributed by atoms with E-state index in [1.165, 1.54) is 7.11 Å². The van der Waals surface area contributed by atoms with Crippen LogP contribution in [0.25, 0.3) is 5.70 Å². The molecule has 2 aromatic carbocycles. The Hall–Kier alpha value is -1.88. The van der Waals surface area contributed by atoms with Gasteiger partial charge in [-0.2, -0.15) is 0 Å². The van der Waals surface area contributed by atoms with Crippen molar-refractivity contribution >= 4 is 62.6 Å². The second-order valence-electron chi connectivity index (χ2n) is 6.77. The Labute approximate surface area is 195 Å². The molecule has 0 amide bonds. The van der Waals surface area contributed by atoms with Crippen LogP contribution in [-0.4, -0.2) is 26.0 Å². The summed E-state index contributed by atoms with van der Waals surface area (Å²) in [5, 5.41) is 3.29. The minimum atomic E-state index is -0.522. The van der Waals surface area contributed by atoms with Gasteiger partial charge in [0.1, 0.15) is 5.75 Å². The van der Waals surface area contributed by atoms with Crippen LogP contribution in [0.15, 0.2) is 53.2 Å². The third-order valence-electron chi connectivity index (χ3n) is 5.21. The van der Waals surface area contributed by atoms with Gasteiger partial charge in [0.05, 0.1) is 32.6 Å². The van der Waals surface area contributed by atoms with Crippen LogP contribution in [0.3, 0.4) is 0 Å². The number of methoxy groups -OCH3 is 2. The minimum absolute atomic E-state index is 0.0668. The molecule has 0 spiro atoms. The number of ether oxygens (including phenoxy) is 2. The zero-order valence-corrected chi connectivity index (χ0v) is 20.2. The van der Waals surface area contributed by atoms with Crippen molar-refractivity contribution in [3.63, 3.8) is 0 Å². The number of nitrogens with one attached hydrogen (secondary N) is 1. The van der Waals surface area contributed by atoms with Crippen LogP contribution >= 0.6 is 45.2 Å². The number of ketones is 1. The molecule has 0 saturated carbocycles. The number of rotatable bonds is 3. The fourth-order valence-corrected chi connectivity index (χ4v) is 6.24. The van der Waals surface area contributed by atoms with Crippen LogP contribution in [0.2, 0.25) is 0 Å². The molecule has 29 heavy (non-hydrogen) atoms. The van der Waals surface area contributed by atoms with Gasteiger partial charge in [0, 0.05) is 28.3 Å². The number of dihydropyridines is 1. The average Bonchev–Trinajstić information content (AvgIpc) is 2.98. The van der Waals surface area contributed by atoms with Crippen molar-refractivity contribution in [3.8, 4) is 5.75 Å². The molecule has 5 nitrogen and oxygen atoms in total. The monoisotopic (exact) mass is 613 g/mol. The van der Waals surface area contributed by atoms with Crippen molar-refractivity contribution in [2.45, 2.75) is 12.8 Å². The van der Waals surface area contributed by atoms with Crippen molar-refractivity contribution in [3.05, 3.63) is 77.1 Å². The molecule has 0 fully saturated rings. The lowest BCUT2D eigenvalue weighted by molar-refractivity contribution is -0.136. The van der Waals surface area contributed by atoms with Gasteiger partial charge in [-0.25, -0.2) is 4.79 Å². The van der Waals surface area contributed by atoms with Gasteiger partial charge in [-0.15, -0.1) is 0 Å². The van der Waals surface area contributed by atoms with Crippen molar-refractivity contribution in [1.82, 2.24) is 5.32 Å². The molecule has 1 atom stereocenters. The first-order valence-electron chi connectivity index (χ1n) is 8.86. The number of esters is 1. The van der Waals surface area contributed by atoms with Crippen molar-refractivity contribution < 1.29 is 19.1 Å². The predicted molar refractivity (Wildman–Crippen MR) is 127 cm³/mol. The average molecular weight is 613 g/mol. The molecular weight excluding hydrogens is 596 g/mol. The number of fused-ring (bicyclic) bond motifs is 2. The molecule has 0 radical (unpaired) electrons. The maximum Gasteiger partial charge on any atom is 0.336 e. The van der Waals surface area contributed by atoms with Gasteiger partial charge in [0.2, 0.25) is 0 Å². The molecule has 0 bridgehead atoms. The molecule has 0 unspecified atom stereocenters. The van der Waals surface area contributed by atoms with Gasteiger partial charge in [0.15, 0.2) is 5.78 Å². The van der Waals surface area contributed by atoms with Gasteiger partial charge in [0.25, 0.3) is 0 Å². The molecule has 0 aromatic heterocycles. The molecule has 0 saturated heterocycles. The number of benzene rings is 2. The van der Waals surface area contributed by atoms with Crippen LogP contribution < -0.4 is 10.1 Å². The quantitative estimate of drug-likeness (QED) is 0.404. The highest BCUT2D eigenvalue weighted by Crippen LogP contribution is 2.47. The fraction of sp³-hybridized carbons (Fsp3) is 0.182. The summed E-state index contributed by atoms with van der Waals surface area (Å²) in [4.78, 5) is 26.1. The van der Waals surface area contributed by atoms with Gasteiger partial charge in [-0.05, 0) is 69.8 Å². The minimum Gasteiger partial charge on any atom is -0.495 e. The molecule has 1 heterocycles. The first-order chi connectivity index (χ1) is 13.9. The Bertz CT molecular complexity index is 1110. The Morgan fingerprint density at radius 3 is 2.28 bits per heavy atom. The van der Waals surface area contributed by atoms with E-state index < -0.39 is 11.9 Å². The third-order valence-corrected chi connectivity index (χ3v) is 6.81. The number of allylic oxidation sites excluding steroid dienone is 2. The lowest BCUT2D eigenvalue weighted by Gasteiger charge is -2.29. The van der Waals surface area contributed by atoms with Crippen molar-refractivity contribution in [1.29, 1.82) is 0 Å². The number of carbonyl (C=O) groups is 2. The van der Waals surface area contributed by atoms with E-state index >= 15 is 0 Å². The summed E-state index contributed by atoms with van der Waals surface area (Å²) in [7, 11) is 2.99. The summed E-state index contributed by atoms with van der Waals surface area (Å²) in [6, 6.07) is 11.4. The van der Waals surface area contributed by atoms with E-state index in [0.29, 0.717) is 22.4 Å². The molecule has 1 aliphatic heterocycles. The summed E-state index contributed by atoms with van der Waals surface area (Å²) in [5.41, 5.74) is 4.84. The molecular formula is C22H17I2NO4. The molecule has 2 aliphatic rings. The summed E-state index contributed by atoms with van der Waals surface area (Å²) in [5.74, 6) is -0.259. The molecule has 148 valence electrons. The van der Waals surface area contributed by atoms with E-state index in [1.54, 1.807) is 7.11 Å². The third kappa shape index (κ3) is 3.18. The smallest absolute Gasteiger partial charge is 0.336 e. The van der Waals surface area contributed by atoms with Gasteiger partial charge < -0.3 is 14.8 Å². The SMILES string of the molecule is COC(=O)C1=C(C)NC2=C(C(=O)c3ccccc32)[C@@H]1c1cc(I)c(OC)c(I)c1. The normalized spacial score (nSPS) is 17.7. The first kappa shape index (κ1) is 20.4. The van der Waals surface area contributed by atoms with E-state index in [-0.39, 0.29) is 5.78 Å². The molecule has 4 rings (SSSR count). The van der Waals surface area contributed by atoms with Crippen LogP contribution in [0, 0.1) is 7.14 Å². The van der Waals surface area contributed by atoms with Crippen LogP contribution in [0.1, 0.15) is 34.3 Å². The maximum atomic E-state index is 13.4. The zero-order chi connectivity index (χ0) is 20.9. The number of hydrogen-bond acceptors (Lipinski definition) is 5. The number of carbonyl (C=O) groups excluding carboxylic acids is 2. The Kier molecular flexibility index (Phi) is 5.45. The van der Waals surface area contributed by atoms with E-state index in [1.807, 2.05) is 43.3 Å². The Morgan fingerprint density at radius 1 is 1.07 bits per heavy atom. The summed E-state index contributed by atoms with van der Waals surface area (Å²) < 4.78 is 12.4. The second-order valence-corrected chi connectivity index (χ2v) is 9.09. The van der Waals surface area contributed by atoms with Crippen molar-refractivity contribution in [2.75, 3.05) is 14.2 Å². The summed E-state index contributed by atoms with van der Waals surface area (Å²) >= 11 is 4.43. The van der Waals surface area contributed by atoms with Gasteiger partial charge >= 0.3 is 5.97 Å². The van der Waals surface area contributed by atoms with Crippen LogP contribution in [-0.2, 0) is 9.53 Å².